The zero-order chi connectivity index (χ0) is 37.6. The Balaban J connectivity index is 1.64. The van der Waals surface area contributed by atoms with Gasteiger partial charge in [0.15, 0.2) is 0 Å². The number of benzene rings is 6. The molecule has 6 N–H and O–H groups in total. The molecule has 1 aromatic heterocycles. The van der Waals surface area contributed by atoms with Crippen molar-refractivity contribution in [2.24, 2.45) is 0 Å². The maximum atomic E-state index is 5.79. The summed E-state index contributed by atoms with van der Waals surface area (Å²) in [6, 6.07) is 35.3. The molecule has 12 nitrogen and oxygen atoms in total. The molecule has 0 saturated carbocycles. The van der Waals surface area contributed by atoms with E-state index in [4.69, 9.17) is 28.4 Å². The third-order valence-electron chi connectivity index (χ3n) is 8.83. The van der Waals surface area contributed by atoms with Crippen LogP contribution in [0.4, 0.5) is 0 Å². The fourth-order valence-corrected chi connectivity index (χ4v) is 6.24. The zero-order valence-electron chi connectivity index (χ0n) is 30.8. The van der Waals surface area contributed by atoms with Crippen molar-refractivity contribution in [2.75, 3.05) is 42.7 Å². The van der Waals surface area contributed by atoms with E-state index in [0.717, 1.165) is 66.2 Å². The van der Waals surface area contributed by atoms with Crippen LogP contribution in [0, 0.1) is 0 Å². The van der Waals surface area contributed by atoms with Crippen molar-refractivity contribution in [2.45, 2.75) is 0 Å². The minimum absolute atomic E-state index is 0.611. The average molecular weight is 727 g/mol. The Morgan fingerprint density at radius 2 is 0.444 bits per heavy atom. The van der Waals surface area contributed by atoms with Gasteiger partial charge in [0.05, 0.1) is 75.8 Å². The third kappa shape index (κ3) is 7.58. The molecule has 0 amide bonds. The minimum atomic E-state index is 0.611. The van der Waals surface area contributed by atoms with Gasteiger partial charge in [-0.1, -0.05) is 18.2 Å². The molecule has 276 valence electrons. The largest absolute Gasteiger partial charge is 0.494 e. The van der Waals surface area contributed by atoms with Gasteiger partial charge in [-0.3, -0.25) is 0 Å². The van der Waals surface area contributed by atoms with Crippen LogP contribution in [-0.2, 0) is 0 Å². The molecule has 6 aromatic carbocycles. The van der Waals surface area contributed by atoms with E-state index in [1.165, 1.54) is 0 Å². The van der Waals surface area contributed by atoms with E-state index in [9.17, 15) is 0 Å². The Morgan fingerprint density at radius 3 is 0.611 bits per heavy atom. The summed E-state index contributed by atoms with van der Waals surface area (Å²) in [5, 5.41) is 0. The topological polar surface area (TPSA) is 150 Å². The van der Waals surface area contributed by atoms with Gasteiger partial charge in [0.1, 0.15) is 34.5 Å². The number of hydrogen-bond acceptors (Lipinski definition) is 6. The average Bonchev–Trinajstić information content (AvgIpc) is 3.18. The van der Waals surface area contributed by atoms with Gasteiger partial charge in [0.25, 0.3) is 0 Å². The fourth-order valence-electron chi connectivity index (χ4n) is 6.24. The predicted molar refractivity (Wildman–Crippen MR) is 216 cm³/mol. The molecule has 0 spiro atoms. The molecule has 0 saturated heterocycles. The van der Waals surface area contributed by atoms with E-state index in [2.05, 4.69) is 29.9 Å². The number of hydrogen-bond donors (Lipinski definition) is 6. The highest BCUT2D eigenvalue weighted by Crippen LogP contribution is 2.31. The second-order valence-corrected chi connectivity index (χ2v) is 12.3. The number of aromatic nitrogens is 6. The maximum Gasteiger partial charge on any atom is 0.146 e. The van der Waals surface area contributed by atoms with Gasteiger partial charge in [-0.15, -0.1) is 0 Å². The third-order valence-corrected chi connectivity index (χ3v) is 8.83. The van der Waals surface area contributed by atoms with Crippen molar-refractivity contribution in [1.29, 1.82) is 0 Å². The van der Waals surface area contributed by atoms with Crippen LogP contribution < -0.4 is 28.4 Å². The summed E-state index contributed by atoms with van der Waals surface area (Å²) in [5.74, 6) is 3.67. The summed E-state index contributed by atoms with van der Waals surface area (Å²) in [6.07, 6.45) is 0. The number of aromatic amines is 6. The summed E-state index contributed by atoms with van der Waals surface area (Å²) in [4.78, 5) is 21.2. The molecular weight excluding hydrogens is 684 g/mol. The van der Waals surface area contributed by atoms with Crippen molar-refractivity contribution in [3.63, 3.8) is 0 Å². The van der Waals surface area contributed by atoms with E-state index in [0.29, 0.717) is 34.5 Å². The lowest BCUT2D eigenvalue weighted by Crippen LogP contribution is -1.92. The number of rotatable bonds is 6. The van der Waals surface area contributed by atoms with Crippen molar-refractivity contribution >= 4 is 66.2 Å². The van der Waals surface area contributed by atoms with E-state index >= 15 is 0 Å². The summed E-state index contributed by atoms with van der Waals surface area (Å²) in [5.41, 5.74) is 9.41. The second kappa shape index (κ2) is 15.7. The van der Waals surface area contributed by atoms with Gasteiger partial charge in [-0.25, -0.2) is 0 Å². The number of methoxy groups -OCH3 is 6. The molecule has 0 fully saturated rings. The second-order valence-electron chi connectivity index (χ2n) is 12.3. The maximum absolute atomic E-state index is 5.79. The highest BCUT2D eigenvalue weighted by molar-refractivity contribution is 5.81. The summed E-state index contributed by atoms with van der Waals surface area (Å²) < 4.78 is 34.7. The van der Waals surface area contributed by atoms with Gasteiger partial charge < -0.3 is 58.3 Å². The van der Waals surface area contributed by atoms with E-state index in [1.807, 2.05) is 109 Å². The molecular formula is C42H42N6O6. The first-order valence-electron chi connectivity index (χ1n) is 17.1. The number of nitrogens with one attached hydrogen (secondary N) is 6. The van der Waals surface area contributed by atoms with Gasteiger partial charge in [0, 0.05) is 51.3 Å². The van der Waals surface area contributed by atoms with Gasteiger partial charge >= 0.3 is 0 Å². The van der Waals surface area contributed by atoms with Crippen molar-refractivity contribution in [1.82, 2.24) is 29.9 Å². The first-order valence-corrected chi connectivity index (χ1v) is 17.1. The number of ether oxygens (including phenoxy) is 6. The highest BCUT2D eigenvalue weighted by Gasteiger charge is 2.08. The first-order chi connectivity index (χ1) is 26.4. The van der Waals surface area contributed by atoms with E-state index in [1.54, 1.807) is 42.7 Å². The Labute approximate surface area is 310 Å². The predicted octanol–water partition coefficient (Wildman–Crippen LogP) is 9.69. The molecule has 0 aliphatic rings. The Kier molecular flexibility index (Phi) is 10.2. The molecule has 7 rings (SSSR count). The van der Waals surface area contributed by atoms with Crippen LogP contribution in [0.25, 0.3) is 66.2 Å². The molecule has 1 heterocycles. The van der Waals surface area contributed by atoms with E-state index in [-0.39, 0.29) is 0 Å². The number of H-pyrrole nitrogens is 6. The summed E-state index contributed by atoms with van der Waals surface area (Å²) >= 11 is 0. The van der Waals surface area contributed by atoms with Crippen molar-refractivity contribution in [3.8, 4) is 34.5 Å². The SMILES string of the molecule is COc1cc(OC)c2cc1[nH]c1cccc(c1)[nH]c1cc([nH]c3cccc(c3)[nH]c3cc([nH]c4cccc(c4)[nH]2)c(OC)cc3OC)c(OC)cc1OC. The molecule has 0 unspecified atom stereocenters. The van der Waals surface area contributed by atoms with Gasteiger partial charge in [-0.05, 0) is 72.8 Å². The van der Waals surface area contributed by atoms with Crippen LogP contribution in [0.2, 0.25) is 0 Å². The molecule has 7 aromatic rings. The quantitative estimate of drug-likeness (QED) is 0.100. The minimum Gasteiger partial charge on any atom is -0.494 e. The Morgan fingerprint density at radius 1 is 0.259 bits per heavy atom. The molecule has 12 heteroatoms. The highest BCUT2D eigenvalue weighted by atomic mass is 16.5. The molecule has 0 atom stereocenters. The molecule has 54 heavy (non-hydrogen) atoms. The fraction of sp³-hybridized carbons (Fsp3) is 0.143. The lowest BCUT2D eigenvalue weighted by molar-refractivity contribution is 0.399. The lowest BCUT2D eigenvalue weighted by Gasteiger charge is -2.09. The lowest BCUT2D eigenvalue weighted by atomic mass is 10.2. The Hall–Kier alpha value is -7.08. The smallest absolute Gasteiger partial charge is 0.146 e. The zero-order valence-corrected chi connectivity index (χ0v) is 30.8. The van der Waals surface area contributed by atoms with E-state index < -0.39 is 0 Å². The summed E-state index contributed by atoms with van der Waals surface area (Å²) in [7, 11) is 9.78. The van der Waals surface area contributed by atoms with Crippen LogP contribution in [0.3, 0.4) is 0 Å². The summed E-state index contributed by atoms with van der Waals surface area (Å²) in [6.45, 7) is 0. The van der Waals surface area contributed by atoms with Gasteiger partial charge in [0.2, 0.25) is 0 Å². The van der Waals surface area contributed by atoms with Crippen LogP contribution in [0.1, 0.15) is 0 Å². The molecule has 0 radical (unpaired) electrons. The monoisotopic (exact) mass is 726 g/mol. The normalized spacial score (nSPS) is 10.8. The number of fused-ring (bicyclic) bond motifs is 12. The van der Waals surface area contributed by atoms with Crippen molar-refractivity contribution in [3.05, 3.63) is 109 Å². The van der Waals surface area contributed by atoms with Crippen LogP contribution in [0.15, 0.2) is 109 Å². The van der Waals surface area contributed by atoms with Crippen LogP contribution >= 0.6 is 0 Å². The molecule has 0 aliphatic carbocycles. The standard InChI is InChI=1S/C42H42N6O6/c1-49-37-22-38(50-2)32-19-31(37)43-25-10-7-11-26(16-25)45-33-20-34(40(52-4)23-39(33)51-3)47-29-14-9-15-30(18-29)48-36-21-35(41(53-5)24-42(36)54-6)46-28-13-8-12-27(17-28)44-32/h7-24,43-48H,1-6H3. The van der Waals surface area contributed by atoms with Crippen LogP contribution in [-0.4, -0.2) is 72.6 Å². The Bertz CT molecular complexity index is 2310. The first kappa shape index (κ1) is 35.3. The van der Waals surface area contributed by atoms with Crippen molar-refractivity contribution < 1.29 is 28.4 Å². The molecule has 0 aliphatic heterocycles. The van der Waals surface area contributed by atoms with Gasteiger partial charge in [-0.2, -0.15) is 0 Å². The van der Waals surface area contributed by atoms with Crippen LogP contribution in [0.5, 0.6) is 34.5 Å². The molecule has 12 bridgehead atoms.